The number of benzene rings is 1. The Morgan fingerprint density at radius 3 is 2.86 bits per heavy atom. The van der Waals surface area contributed by atoms with E-state index in [0.717, 1.165) is 29.8 Å². The number of carbonyl (C=O) groups is 1. The summed E-state index contributed by atoms with van der Waals surface area (Å²) in [6, 6.07) is 10.6. The van der Waals surface area contributed by atoms with E-state index in [1.54, 1.807) is 31.7 Å². The maximum atomic E-state index is 12.9. The molecule has 29 heavy (non-hydrogen) atoms. The zero-order valence-corrected chi connectivity index (χ0v) is 16.8. The first-order chi connectivity index (χ1) is 14.0. The molecular weight excluding hydrogens is 388 g/mol. The predicted octanol–water partition coefficient (Wildman–Crippen LogP) is 3.52. The molecule has 2 aromatic heterocycles. The molecule has 0 saturated carbocycles. The fraction of sp³-hybridized carbons (Fsp3) is 0.273. The minimum atomic E-state index is -0.133. The highest BCUT2D eigenvalue weighted by atomic mass is 35.5. The second kappa shape index (κ2) is 8.17. The number of amides is 1. The molecule has 0 aliphatic carbocycles. The highest BCUT2D eigenvalue weighted by Crippen LogP contribution is 2.28. The Bertz CT molecular complexity index is 1110. The van der Waals surface area contributed by atoms with Crippen molar-refractivity contribution in [2.45, 2.75) is 18.8 Å². The Morgan fingerprint density at radius 2 is 2.07 bits per heavy atom. The number of hydrogen-bond acceptors (Lipinski definition) is 4. The molecule has 1 saturated heterocycles. The standard InChI is InChI=1S/C22H21ClN4O2/c1-26-13-17(7-8-21(26)28)22(29)27-9-3-5-16(14-27)20-12-24-11-19(25-20)15-4-2-6-18(23)10-15/h2,4,6-8,10-13,16H,3,5,9,14H2,1H3/t16-/m1/s1. The van der Waals surface area contributed by atoms with Crippen LogP contribution in [0, 0.1) is 0 Å². The van der Waals surface area contributed by atoms with Gasteiger partial charge < -0.3 is 9.47 Å². The van der Waals surface area contributed by atoms with Gasteiger partial charge in [-0.1, -0.05) is 23.7 Å². The average Bonchev–Trinajstić information content (AvgIpc) is 2.75. The van der Waals surface area contributed by atoms with Crippen LogP contribution in [-0.2, 0) is 7.05 Å². The molecule has 0 radical (unpaired) electrons. The van der Waals surface area contributed by atoms with Gasteiger partial charge in [0.05, 0.1) is 23.1 Å². The topological polar surface area (TPSA) is 68.1 Å². The van der Waals surface area contributed by atoms with E-state index in [4.69, 9.17) is 16.6 Å². The number of aryl methyl sites for hydroxylation is 1. The van der Waals surface area contributed by atoms with E-state index in [9.17, 15) is 9.59 Å². The molecule has 6 nitrogen and oxygen atoms in total. The number of hydrogen-bond donors (Lipinski definition) is 0. The number of pyridine rings is 1. The first kappa shape index (κ1) is 19.3. The van der Waals surface area contributed by atoms with Crippen molar-refractivity contribution in [1.29, 1.82) is 0 Å². The summed E-state index contributed by atoms with van der Waals surface area (Å²) in [6.45, 7) is 1.27. The van der Waals surface area contributed by atoms with Crippen molar-refractivity contribution >= 4 is 17.5 Å². The third-order valence-electron chi connectivity index (χ3n) is 5.23. The zero-order valence-electron chi connectivity index (χ0n) is 16.1. The Balaban J connectivity index is 1.55. The number of piperidine rings is 1. The van der Waals surface area contributed by atoms with Crippen LogP contribution in [0.1, 0.15) is 34.8 Å². The highest BCUT2D eigenvalue weighted by molar-refractivity contribution is 6.30. The average molecular weight is 409 g/mol. The Kier molecular flexibility index (Phi) is 5.45. The SMILES string of the molecule is Cn1cc(C(=O)N2CCC[C@@H](c3cncc(-c4cccc(Cl)c4)n3)C2)ccc1=O. The quantitative estimate of drug-likeness (QED) is 0.665. The van der Waals surface area contributed by atoms with Crippen molar-refractivity contribution in [2.24, 2.45) is 7.05 Å². The molecule has 1 aliphatic rings. The van der Waals surface area contributed by atoms with E-state index >= 15 is 0 Å². The first-order valence-electron chi connectivity index (χ1n) is 9.55. The highest BCUT2D eigenvalue weighted by Gasteiger charge is 2.27. The van der Waals surface area contributed by atoms with Crippen LogP contribution in [0.4, 0.5) is 0 Å². The van der Waals surface area contributed by atoms with E-state index in [1.165, 1.54) is 10.6 Å². The van der Waals surface area contributed by atoms with Crippen LogP contribution in [-0.4, -0.2) is 38.4 Å². The lowest BCUT2D eigenvalue weighted by molar-refractivity contribution is 0.0705. The molecule has 1 atom stereocenters. The molecule has 1 aliphatic heterocycles. The minimum absolute atomic E-state index is 0.0655. The van der Waals surface area contributed by atoms with Crippen LogP contribution in [0.15, 0.2) is 59.8 Å². The van der Waals surface area contributed by atoms with E-state index in [-0.39, 0.29) is 17.4 Å². The summed E-state index contributed by atoms with van der Waals surface area (Å²) in [5.41, 5.74) is 2.95. The summed E-state index contributed by atoms with van der Waals surface area (Å²) in [4.78, 5) is 35.5. The molecule has 0 N–H and O–H groups in total. The monoisotopic (exact) mass is 408 g/mol. The van der Waals surface area contributed by atoms with Gasteiger partial charge in [-0.25, -0.2) is 4.98 Å². The molecule has 1 aromatic carbocycles. The van der Waals surface area contributed by atoms with E-state index in [1.807, 2.05) is 29.2 Å². The Hall–Kier alpha value is -2.99. The summed E-state index contributed by atoms with van der Waals surface area (Å²) in [7, 11) is 1.65. The predicted molar refractivity (Wildman–Crippen MR) is 112 cm³/mol. The number of likely N-dealkylation sites (tertiary alicyclic amines) is 1. The number of aromatic nitrogens is 3. The maximum absolute atomic E-state index is 12.9. The lowest BCUT2D eigenvalue weighted by Gasteiger charge is -2.32. The fourth-order valence-electron chi connectivity index (χ4n) is 3.67. The van der Waals surface area contributed by atoms with Crippen LogP contribution >= 0.6 is 11.6 Å². The largest absolute Gasteiger partial charge is 0.338 e. The molecule has 3 heterocycles. The van der Waals surface area contributed by atoms with Crippen LogP contribution < -0.4 is 5.56 Å². The smallest absolute Gasteiger partial charge is 0.255 e. The minimum Gasteiger partial charge on any atom is -0.338 e. The summed E-state index contributed by atoms with van der Waals surface area (Å²) in [6.07, 6.45) is 6.94. The van der Waals surface area contributed by atoms with Crippen molar-refractivity contribution in [3.05, 3.63) is 81.6 Å². The molecule has 4 rings (SSSR count). The van der Waals surface area contributed by atoms with Crippen LogP contribution in [0.2, 0.25) is 5.02 Å². The lowest BCUT2D eigenvalue weighted by atomic mass is 9.94. The van der Waals surface area contributed by atoms with Gasteiger partial charge in [0.2, 0.25) is 5.56 Å². The van der Waals surface area contributed by atoms with E-state index in [0.29, 0.717) is 23.7 Å². The van der Waals surface area contributed by atoms with Gasteiger partial charge >= 0.3 is 0 Å². The van der Waals surface area contributed by atoms with Gasteiger partial charge in [0.1, 0.15) is 0 Å². The Labute approximate surface area is 173 Å². The van der Waals surface area contributed by atoms with E-state index < -0.39 is 0 Å². The molecule has 1 fully saturated rings. The van der Waals surface area contributed by atoms with Gasteiger partial charge in [0, 0.05) is 55.1 Å². The van der Waals surface area contributed by atoms with Gasteiger partial charge in [0.25, 0.3) is 5.91 Å². The van der Waals surface area contributed by atoms with Crippen LogP contribution in [0.3, 0.4) is 0 Å². The molecular formula is C22H21ClN4O2. The van der Waals surface area contributed by atoms with Crippen molar-refractivity contribution < 1.29 is 4.79 Å². The first-order valence-corrected chi connectivity index (χ1v) is 9.93. The van der Waals surface area contributed by atoms with Crippen molar-refractivity contribution in [1.82, 2.24) is 19.4 Å². The zero-order chi connectivity index (χ0) is 20.4. The Morgan fingerprint density at radius 1 is 1.21 bits per heavy atom. The summed E-state index contributed by atoms with van der Waals surface area (Å²) >= 11 is 6.10. The molecule has 1 amide bonds. The van der Waals surface area contributed by atoms with E-state index in [2.05, 4.69) is 4.98 Å². The van der Waals surface area contributed by atoms with Crippen molar-refractivity contribution in [3.8, 4) is 11.3 Å². The summed E-state index contributed by atoms with van der Waals surface area (Å²) < 4.78 is 1.43. The van der Waals surface area contributed by atoms with Gasteiger partial charge in [-0.3, -0.25) is 14.6 Å². The van der Waals surface area contributed by atoms with Gasteiger partial charge in [-0.15, -0.1) is 0 Å². The molecule has 0 bridgehead atoms. The third-order valence-corrected chi connectivity index (χ3v) is 5.47. The van der Waals surface area contributed by atoms with Crippen molar-refractivity contribution in [3.63, 3.8) is 0 Å². The molecule has 7 heteroatoms. The summed E-state index contributed by atoms with van der Waals surface area (Å²) in [5, 5.41) is 0.654. The number of nitrogens with zero attached hydrogens (tertiary/aromatic N) is 4. The summed E-state index contributed by atoms with van der Waals surface area (Å²) in [5.74, 6) is 0.0520. The van der Waals surface area contributed by atoms with Crippen LogP contribution in [0.25, 0.3) is 11.3 Å². The second-order valence-electron chi connectivity index (χ2n) is 7.30. The fourth-order valence-corrected chi connectivity index (χ4v) is 3.86. The lowest BCUT2D eigenvalue weighted by Crippen LogP contribution is -2.39. The number of rotatable bonds is 3. The molecule has 3 aromatic rings. The van der Waals surface area contributed by atoms with Gasteiger partial charge in [-0.2, -0.15) is 0 Å². The maximum Gasteiger partial charge on any atom is 0.255 e. The number of halogens is 1. The molecule has 148 valence electrons. The molecule has 0 spiro atoms. The van der Waals surface area contributed by atoms with Gasteiger partial charge in [-0.05, 0) is 31.0 Å². The second-order valence-corrected chi connectivity index (χ2v) is 7.73. The van der Waals surface area contributed by atoms with Crippen molar-refractivity contribution in [2.75, 3.05) is 13.1 Å². The third kappa shape index (κ3) is 4.22. The normalized spacial score (nSPS) is 16.6. The van der Waals surface area contributed by atoms with Crippen LogP contribution in [0.5, 0.6) is 0 Å². The molecule has 0 unspecified atom stereocenters. The van der Waals surface area contributed by atoms with Gasteiger partial charge in [0.15, 0.2) is 0 Å². The number of carbonyl (C=O) groups excluding carboxylic acids is 1.